The van der Waals surface area contributed by atoms with E-state index < -0.39 is 17.9 Å². The van der Waals surface area contributed by atoms with Crippen molar-refractivity contribution < 1.29 is 19.1 Å². The molecule has 0 unspecified atom stereocenters. The molecule has 6 nitrogen and oxygen atoms in total. The highest BCUT2D eigenvalue weighted by Gasteiger charge is 2.24. The van der Waals surface area contributed by atoms with Crippen molar-refractivity contribution in [1.29, 1.82) is 0 Å². The average Bonchev–Trinajstić information content (AvgIpc) is 2.43. The number of aliphatic carboxylic acids is 1. The fourth-order valence-electron chi connectivity index (χ4n) is 2.06. The maximum Gasteiger partial charge on any atom is 0.330 e. The van der Waals surface area contributed by atoms with Gasteiger partial charge in [-0.2, -0.15) is 0 Å². The Hall–Kier alpha value is -2.89. The average molecular weight is 301 g/mol. The number of carbonyl (C=O) groups is 2. The fourth-order valence-corrected chi connectivity index (χ4v) is 2.06. The standard InChI is InChI=1S/C16H15NO5/c1-9-4-3-5-11(6-9)14(16(20)21)17-15(19)13-8-12(18)7-10(2)22-13/h3-8,14H,1-2H3,(H,17,19)(H,20,21)/t14-/m1/s1. The van der Waals surface area contributed by atoms with E-state index in [4.69, 9.17) is 4.42 Å². The first-order valence-corrected chi connectivity index (χ1v) is 6.59. The van der Waals surface area contributed by atoms with E-state index in [1.807, 2.05) is 13.0 Å². The zero-order valence-electron chi connectivity index (χ0n) is 12.1. The lowest BCUT2D eigenvalue weighted by molar-refractivity contribution is -0.139. The van der Waals surface area contributed by atoms with Gasteiger partial charge in [0, 0.05) is 12.1 Å². The summed E-state index contributed by atoms with van der Waals surface area (Å²) in [6.45, 7) is 3.36. The topological polar surface area (TPSA) is 96.6 Å². The monoisotopic (exact) mass is 301 g/mol. The molecule has 0 bridgehead atoms. The predicted octanol–water partition coefficient (Wildman–Crippen LogP) is 1.81. The molecule has 0 saturated carbocycles. The molecule has 22 heavy (non-hydrogen) atoms. The van der Waals surface area contributed by atoms with Gasteiger partial charge in [0.15, 0.2) is 17.2 Å². The van der Waals surface area contributed by atoms with E-state index in [1.54, 1.807) is 18.2 Å². The van der Waals surface area contributed by atoms with Gasteiger partial charge in [-0.1, -0.05) is 29.8 Å². The Morgan fingerprint density at radius 3 is 2.50 bits per heavy atom. The van der Waals surface area contributed by atoms with Gasteiger partial charge in [0.1, 0.15) is 5.76 Å². The number of aryl methyl sites for hydroxylation is 2. The Kier molecular flexibility index (Phi) is 4.41. The second kappa shape index (κ2) is 6.26. The third kappa shape index (κ3) is 3.60. The van der Waals surface area contributed by atoms with Gasteiger partial charge in [0.25, 0.3) is 5.91 Å². The highest BCUT2D eigenvalue weighted by molar-refractivity contribution is 5.94. The second-order valence-corrected chi connectivity index (χ2v) is 4.93. The molecule has 1 aromatic carbocycles. The van der Waals surface area contributed by atoms with Crippen LogP contribution in [0.5, 0.6) is 0 Å². The molecule has 2 aromatic rings. The first-order chi connectivity index (χ1) is 10.4. The van der Waals surface area contributed by atoms with Gasteiger partial charge >= 0.3 is 5.97 Å². The number of amides is 1. The van der Waals surface area contributed by atoms with Crippen molar-refractivity contribution in [2.75, 3.05) is 0 Å². The minimum atomic E-state index is -1.22. The summed E-state index contributed by atoms with van der Waals surface area (Å²) >= 11 is 0. The summed E-state index contributed by atoms with van der Waals surface area (Å²) in [6.07, 6.45) is 0. The van der Waals surface area contributed by atoms with Gasteiger partial charge < -0.3 is 14.8 Å². The van der Waals surface area contributed by atoms with E-state index in [0.717, 1.165) is 11.6 Å². The Labute approximate surface area is 126 Å². The first kappa shape index (κ1) is 15.5. The number of carboxylic acid groups (broad SMARTS) is 1. The second-order valence-electron chi connectivity index (χ2n) is 4.93. The molecule has 0 aliphatic carbocycles. The van der Waals surface area contributed by atoms with Crippen LogP contribution in [-0.4, -0.2) is 17.0 Å². The van der Waals surface area contributed by atoms with Crippen LogP contribution in [0.2, 0.25) is 0 Å². The Morgan fingerprint density at radius 1 is 1.18 bits per heavy atom. The first-order valence-electron chi connectivity index (χ1n) is 6.59. The lowest BCUT2D eigenvalue weighted by atomic mass is 10.0. The van der Waals surface area contributed by atoms with Crippen LogP contribution in [0.25, 0.3) is 0 Å². The van der Waals surface area contributed by atoms with Crippen LogP contribution in [0.15, 0.2) is 45.6 Å². The summed E-state index contributed by atoms with van der Waals surface area (Å²) in [5.41, 5.74) is 0.937. The zero-order valence-corrected chi connectivity index (χ0v) is 12.1. The normalized spacial score (nSPS) is 11.7. The summed E-state index contributed by atoms with van der Waals surface area (Å²) in [5, 5.41) is 11.7. The van der Waals surface area contributed by atoms with E-state index >= 15 is 0 Å². The Morgan fingerprint density at radius 2 is 1.91 bits per heavy atom. The molecule has 1 heterocycles. The molecule has 2 rings (SSSR count). The molecular formula is C16H15NO5. The van der Waals surface area contributed by atoms with Crippen LogP contribution in [-0.2, 0) is 4.79 Å². The van der Waals surface area contributed by atoms with Gasteiger partial charge in [-0.3, -0.25) is 9.59 Å². The van der Waals surface area contributed by atoms with Crippen LogP contribution in [0.3, 0.4) is 0 Å². The molecule has 0 radical (unpaired) electrons. The number of nitrogens with one attached hydrogen (secondary N) is 1. The van der Waals surface area contributed by atoms with Crippen molar-refractivity contribution in [2.45, 2.75) is 19.9 Å². The SMILES string of the molecule is Cc1cccc([C@@H](NC(=O)c2cc(=O)cc(C)o2)C(=O)O)c1. The molecule has 0 saturated heterocycles. The molecule has 1 aromatic heterocycles. The van der Waals surface area contributed by atoms with Crippen molar-refractivity contribution in [3.63, 3.8) is 0 Å². The number of hydrogen-bond donors (Lipinski definition) is 2. The third-order valence-electron chi connectivity index (χ3n) is 3.01. The predicted molar refractivity (Wildman–Crippen MR) is 78.7 cm³/mol. The maximum absolute atomic E-state index is 12.1. The van der Waals surface area contributed by atoms with Crippen molar-refractivity contribution in [1.82, 2.24) is 5.32 Å². The van der Waals surface area contributed by atoms with E-state index in [2.05, 4.69) is 5.32 Å². The number of carboxylic acids is 1. The molecule has 114 valence electrons. The quantitative estimate of drug-likeness (QED) is 0.897. The minimum Gasteiger partial charge on any atom is -0.479 e. The largest absolute Gasteiger partial charge is 0.479 e. The van der Waals surface area contributed by atoms with Gasteiger partial charge in [-0.05, 0) is 19.4 Å². The van der Waals surface area contributed by atoms with E-state index in [9.17, 15) is 19.5 Å². The lowest BCUT2D eigenvalue weighted by Gasteiger charge is -2.15. The van der Waals surface area contributed by atoms with Crippen LogP contribution in [0, 0.1) is 13.8 Å². The highest BCUT2D eigenvalue weighted by Crippen LogP contribution is 2.16. The third-order valence-corrected chi connectivity index (χ3v) is 3.01. The molecule has 6 heteroatoms. The Balaban J connectivity index is 2.30. The van der Waals surface area contributed by atoms with Crippen molar-refractivity contribution in [3.05, 3.63) is 69.3 Å². The highest BCUT2D eigenvalue weighted by atomic mass is 16.4. The minimum absolute atomic E-state index is 0.219. The number of benzene rings is 1. The summed E-state index contributed by atoms with van der Waals surface area (Å²) in [4.78, 5) is 34.9. The number of rotatable bonds is 4. The lowest BCUT2D eigenvalue weighted by Crippen LogP contribution is -2.34. The van der Waals surface area contributed by atoms with Crippen LogP contribution in [0.4, 0.5) is 0 Å². The summed E-state index contributed by atoms with van der Waals surface area (Å²) < 4.78 is 5.16. The van der Waals surface area contributed by atoms with E-state index in [-0.39, 0.29) is 16.9 Å². The fraction of sp³-hybridized carbons (Fsp3) is 0.188. The summed E-state index contributed by atoms with van der Waals surface area (Å²) in [7, 11) is 0. The zero-order chi connectivity index (χ0) is 16.3. The van der Waals surface area contributed by atoms with E-state index in [0.29, 0.717) is 5.56 Å². The van der Waals surface area contributed by atoms with Crippen LogP contribution >= 0.6 is 0 Å². The molecular weight excluding hydrogens is 286 g/mol. The van der Waals surface area contributed by atoms with Crippen LogP contribution < -0.4 is 10.7 Å². The van der Waals surface area contributed by atoms with Crippen LogP contribution in [0.1, 0.15) is 33.5 Å². The molecule has 0 aliphatic rings. The Bertz CT molecular complexity index is 778. The van der Waals surface area contributed by atoms with Gasteiger partial charge in [0.2, 0.25) is 0 Å². The van der Waals surface area contributed by atoms with Gasteiger partial charge in [-0.15, -0.1) is 0 Å². The van der Waals surface area contributed by atoms with Crippen molar-refractivity contribution in [3.8, 4) is 0 Å². The molecule has 0 aliphatic heterocycles. The molecule has 0 spiro atoms. The molecule has 2 N–H and O–H groups in total. The molecule has 1 atom stereocenters. The molecule has 1 amide bonds. The van der Waals surface area contributed by atoms with Gasteiger partial charge in [0.05, 0.1) is 0 Å². The summed E-state index contributed by atoms with van der Waals surface area (Å²) in [5.74, 6) is -1.90. The van der Waals surface area contributed by atoms with E-state index in [1.165, 1.54) is 13.0 Å². The number of carbonyl (C=O) groups excluding carboxylic acids is 1. The van der Waals surface area contributed by atoms with Crippen molar-refractivity contribution >= 4 is 11.9 Å². The van der Waals surface area contributed by atoms with Crippen molar-refractivity contribution in [2.24, 2.45) is 0 Å². The summed E-state index contributed by atoms with van der Waals surface area (Å²) in [6, 6.07) is 7.86. The number of hydrogen-bond acceptors (Lipinski definition) is 4. The van der Waals surface area contributed by atoms with Gasteiger partial charge in [-0.25, -0.2) is 4.79 Å². The maximum atomic E-state index is 12.1. The molecule has 0 fully saturated rings. The smallest absolute Gasteiger partial charge is 0.330 e.